The lowest BCUT2D eigenvalue weighted by atomic mass is 9.92. The molecule has 0 aliphatic carbocycles. The van der Waals surface area contributed by atoms with Crippen LogP contribution in [0.25, 0.3) is 17.1 Å². The number of imidazole rings is 1. The smallest absolute Gasteiger partial charge is 0.259 e. The van der Waals surface area contributed by atoms with Crippen molar-refractivity contribution < 1.29 is 4.79 Å². The van der Waals surface area contributed by atoms with E-state index in [1.54, 1.807) is 29.2 Å². The van der Waals surface area contributed by atoms with E-state index in [2.05, 4.69) is 45.7 Å². The number of carbonyl (C=O) groups excluding carboxylic acids is 1. The Morgan fingerprint density at radius 2 is 1.85 bits per heavy atom. The summed E-state index contributed by atoms with van der Waals surface area (Å²) in [5.41, 5.74) is 3.35. The van der Waals surface area contributed by atoms with E-state index >= 15 is 0 Å². The molecule has 1 N–H and O–H groups in total. The van der Waals surface area contributed by atoms with Gasteiger partial charge in [-0.15, -0.1) is 0 Å². The zero-order valence-electron chi connectivity index (χ0n) is 19.5. The Labute approximate surface area is 192 Å². The van der Waals surface area contributed by atoms with Crippen LogP contribution in [0, 0.1) is 6.92 Å². The largest absolute Gasteiger partial charge is 0.313 e. The summed E-state index contributed by atoms with van der Waals surface area (Å²) in [6, 6.07) is 5.42. The predicted molar refractivity (Wildman–Crippen MR) is 126 cm³/mol. The van der Waals surface area contributed by atoms with E-state index in [1.165, 1.54) is 6.42 Å². The van der Waals surface area contributed by atoms with Gasteiger partial charge in [-0.25, -0.2) is 19.9 Å². The molecule has 9 heteroatoms. The number of hydrogen-bond donors (Lipinski definition) is 1. The van der Waals surface area contributed by atoms with E-state index in [9.17, 15) is 4.79 Å². The van der Waals surface area contributed by atoms with Crippen LogP contribution in [-0.4, -0.2) is 40.2 Å². The quantitative estimate of drug-likeness (QED) is 0.512. The standard InChI is InChI=1S/C24H28N8O/c1-15-13-16(20-21(27-15)31-12-7-5-6-9-18(31)28-20)22(33)29-19-14-17(24(2,3)4)30-32(19)23-25-10-8-11-26-23/h8,10-11,13-14H,5-7,9,12H2,1-4H3,(H,29,33). The summed E-state index contributed by atoms with van der Waals surface area (Å²) < 4.78 is 3.75. The van der Waals surface area contributed by atoms with E-state index < -0.39 is 0 Å². The molecular formula is C24H28N8O. The van der Waals surface area contributed by atoms with Gasteiger partial charge in [0.1, 0.15) is 17.2 Å². The Kier molecular flexibility index (Phi) is 5.19. The summed E-state index contributed by atoms with van der Waals surface area (Å²) in [6.45, 7) is 9.02. The highest BCUT2D eigenvalue weighted by Crippen LogP contribution is 2.27. The topological polar surface area (TPSA) is 103 Å². The average Bonchev–Trinajstić information content (AvgIpc) is 3.27. The van der Waals surface area contributed by atoms with Crippen LogP contribution in [0.1, 0.15) is 67.6 Å². The molecule has 0 saturated carbocycles. The van der Waals surface area contributed by atoms with Crippen molar-refractivity contribution in [3.8, 4) is 5.95 Å². The Morgan fingerprint density at radius 1 is 1.06 bits per heavy atom. The van der Waals surface area contributed by atoms with Gasteiger partial charge < -0.3 is 9.88 Å². The third kappa shape index (κ3) is 3.99. The maximum atomic E-state index is 13.5. The SMILES string of the molecule is Cc1cc(C(=O)Nc2cc(C(C)(C)C)nn2-c2ncccn2)c2nc3n(c2n1)CCCCC3. The first kappa shape index (κ1) is 21.2. The Morgan fingerprint density at radius 3 is 2.61 bits per heavy atom. The predicted octanol–water partition coefficient (Wildman–Crippen LogP) is 3.99. The molecule has 9 nitrogen and oxygen atoms in total. The molecule has 4 aromatic heterocycles. The van der Waals surface area contributed by atoms with Gasteiger partial charge in [-0.1, -0.05) is 27.2 Å². The molecule has 0 atom stereocenters. The first-order valence-electron chi connectivity index (χ1n) is 11.4. The first-order valence-corrected chi connectivity index (χ1v) is 11.4. The molecule has 0 fully saturated rings. The summed E-state index contributed by atoms with van der Waals surface area (Å²) >= 11 is 0. The van der Waals surface area contributed by atoms with Crippen molar-refractivity contribution >= 4 is 22.9 Å². The molecule has 4 aromatic rings. The van der Waals surface area contributed by atoms with Gasteiger partial charge >= 0.3 is 0 Å². The fraction of sp³-hybridized carbons (Fsp3) is 0.417. The van der Waals surface area contributed by atoms with Crippen LogP contribution in [0.2, 0.25) is 0 Å². The molecule has 33 heavy (non-hydrogen) atoms. The van der Waals surface area contributed by atoms with E-state index in [4.69, 9.17) is 9.97 Å². The molecule has 1 aliphatic heterocycles. The second-order valence-electron chi connectivity index (χ2n) is 9.55. The molecule has 5 heterocycles. The van der Waals surface area contributed by atoms with Crippen molar-refractivity contribution in [2.45, 2.75) is 65.3 Å². The van der Waals surface area contributed by atoms with Gasteiger partial charge in [-0.2, -0.15) is 9.78 Å². The maximum Gasteiger partial charge on any atom is 0.259 e. The number of carbonyl (C=O) groups is 1. The normalized spacial score (nSPS) is 14.2. The molecule has 1 amide bonds. The highest BCUT2D eigenvalue weighted by molar-refractivity contribution is 6.11. The molecule has 0 unspecified atom stereocenters. The molecule has 0 radical (unpaired) electrons. The number of nitrogens with zero attached hydrogens (tertiary/aromatic N) is 7. The molecule has 0 spiro atoms. The minimum Gasteiger partial charge on any atom is -0.313 e. The van der Waals surface area contributed by atoms with Crippen molar-refractivity contribution in [2.24, 2.45) is 0 Å². The molecule has 0 aromatic carbocycles. The number of rotatable bonds is 3. The summed E-state index contributed by atoms with van der Waals surface area (Å²) in [6.07, 6.45) is 7.60. The van der Waals surface area contributed by atoms with Crippen LogP contribution in [0.4, 0.5) is 5.82 Å². The average molecular weight is 445 g/mol. The minimum absolute atomic E-state index is 0.207. The van der Waals surface area contributed by atoms with Gasteiger partial charge in [0.05, 0.1) is 11.3 Å². The first-order chi connectivity index (χ1) is 15.8. The van der Waals surface area contributed by atoms with Crippen molar-refractivity contribution in [3.05, 3.63) is 53.4 Å². The molecule has 0 saturated heterocycles. The highest BCUT2D eigenvalue weighted by atomic mass is 16.1. The summed E-state index contributed by atoms with van der Waals surface area (Å²) in [7, 11) is 0. The number of amides is 1. The number of pyridine rings is 1. The van der Waals surface area contributed by atoms with E-state index in [1.807, 2.05) is 13.0 Å². The number of aromatic nitrogens is 7. The van der Waals surface area contributed by atoms with Gasteiger partial charge in [0.25, 0.3) is 11.9 Å². The van der Waals surface area contributed by atoms with Crippen LogP contribution in [0.5, 0.6) is 0 Å². The summed E-state index contributed by atoms with van der Waals surface area (Å²) in [5, 5.41) is 7.72. The zero-order valence-corrected chi connectivity index (χ0v) is 19.5. The zero-order chi connectivity index (χ0) is 23.2. The number of anilines is 1. The van der Waals surface area contributed by atoms with E-state index in [0.717, 1.165) is 48.7 Å². The minimum atomic E-state index is -0.253. The lowest BCUT2D eigenvalue weighted by molar-refractivity contribution is 0.102. The van der Waals surface area contributed by atoms with Crippen molar-refractivity contribution in [1.29, 1.82) is 0 Å². The van der Waals surface area contributed by atoms with Gasteiger partial charge in [0.15, 0.2) is 5.65 Å². The van der Waals surface area contributed by atoms with Crippen LogP contribution < -0.4 is 5.32 Å². The van der Waals surface area contributed by atoms with E-state index in [-0.39, 0.29) is 11.3 Å². The number of hydrogen-bond acceptors (Lipinski definition) is 6. The fourth-order valence-electron chi connectivity index (χ4n) is 4.16. The lowest BCUT2D eigenvalue weighted by Gasteiger charge is -2.13. The van der Waals surface area contributed by atoms with Crippen LogP contribution >= 0.6 is 0 Å². The van der Waals surface area contributed by atoms with Gasteiger partial charge in [0, 0.05) is 42.5 Å². The van der Waals surface area contributed by atoms with Gasteiger partial charge in [-0.3, -0.25) is 4.79 Å². The van der Waals surface area contributed by atoms with Gasteiger partial charge in [-0.05, 0) is 31.9 Å². The molecule has 170 valence electrons. The fourth-order valence-corrected chi connectivity index (χ4v) is 4.16. The van der Waals surface area contributed by atoms with Crippen molar-refractivity contribution in [3.63, 3.8) is 0 Å². The summed E-state index contributed by atoms with van der Waals surface area (Å²) in [5.74, 6) is 1.66. The molecule has 1 aliphatic rings. The summed E-state index contributed by atoms with van der Waals surface area (Å²) in [4.78, 5) is 31.7. The highest BCUT2D eigenvalue weighted by Gasteiger charge is 2.25. The Hall–Kier alpha value is -3.62. The monoisotopic (exact) mass is 444 g/mol. The number of fused-ring (bicyclic) bond motifs is 3. The van der Waals surface area contributed by atoms with Crippen LogP contribution in [0.15, 0.2) is 30.6 Å². The van der Waals surface area contributed by atoms with Crippen molar-refractivity contribution in [2.75, 3.05) is 5.32 Å². The third-order valence-corrected chi connectivity index (χ3v) is 5.90. The third-order valence-electron chi connectivity index (χ3n) is 5.90. The number of nitrogens with one attached hydrogen (secondary N) is 1. The lowest BCUT2D eigenvalue weighted by Crippen LogP contribution is -2.17. The maximum absolute atomic E-state index is 13.5. The Balaban J connectivity index is 1.57. The number of aryl methyl sites for hydroxylation is 3. The second kappa shape index (κ2) is 8.06. The molecular weight excluding hydrogens is 416 g/mol. The van der Waals surface area contributed by atoms with Crippen LogP contribution in [0.3, 0.4) is 0 Å². The Bertz CT molecular complexity index is 1330. The van der Waals surface area contributed by atoms with Crippen LogP contribution in [-0.2, 0) is 18.4 Å². The molecule has 5 rings (SSSR count). The molecule has 0 bridgehead atoms. The van der Waals surface area contributed by atoms with Gasteiger partial charge in [0.2, 0.25) is 0 Å². The second-order valence-corrected chi connectivity index (χ2v) is 9.55. The van der Waals surface area contributed by atoms with Crippen molar-refractivity contribution in [1.82, 2.24) is 34.3 Å². The van der Waals surface area contributed by atoms with E-state index in [0.29, 0.717) is 22.8 Å².